The molecule has 0 aliphatic carbocycles. The lowest BCUT2D eigenvalue weighted by Gasteiger charge is -2.27. The summed E-state index contributed by atoms with van der Waals surface area (Å²) >= 11 is 3.63. The van der Waals surface area contributed by atoms with Crippen molar-refractivity contribution in [1.82, 2.24) is 10.6 Å². The molecular weight excluding hydrogens is 330 g/mol. The number of halogens is 1. The molecule has 1 aromatic rings. The van der Waals surface area contributed by atoms with Gasteiger partial charge in [-0.3, -0.25) is 4.99 Å². The first-order chi connectivity index (χ1) is 10.0. The Hall–Kier alpha value is -1.07. The highest BCUT2D eigenvalue weighted by Gasteiger charge is 2.23. The molecule has 0 spiro atoms. The van der Waals surface area contributed by atoms with E-state index < -0.39 is 0 Å². The van der Waals surface area contributed by atoms with E-state index in [1.165, 1.54) is 5.56 Å². The summed E-state index contributed by atoms with van der Waals surface area (Å²) in [6, 6.07) is 8.34. The SMILES string of the molecule is CN=C(NCCCOC)NCC(C)(C)c1ccccc1Br. The molecule has 0 atom stereocenters. The third-order valence-corrected chi connectivity index (χ3v) is 4.03. The third-order valence-electron chi connectivity index (χ3n) is 3.34. The Morgan fingerprint density at radius 3 is 2.62 bits per heavy atom. The fraction of sp³-hybridized carbons (Fsp3) is 0.562. The van der Waals surface area contributed by atoms with Crippen molar-refractivity contribution in [2.45, 2.75) is 25.7 Å². The predicted molar refractivity (Wildman–Crippen MR) is 93.0 cm³/mol. The number of methoxy groups -OCH3 is 1. The van der Waals surface area contributed by atoms with Crippen LogP contribution in [0, 0.1) is 0 Å². The number of nitrogens with one attached hydrogen (secondary N) is 2. The van der Waals surface area contributed by atoms with Crippen LogP contribution in [0.4, 0.5) is 0 Å². The van der Waals surface area contributed by atoms with Crippen molar-refractivity contribution in [3.63, 3.8) is 0 Å². The maximum Gasteiger partial charge on any atom is 0.191 e. The fourth-order valence-corrected chi connectivity index (χ4v) is 2.88. The van der Waals surface area contributed by atoms with Crippen LogP contribution < -0.4 is 10.6 Å². The largest absolute Gasteiger partial charge is 0.385 e. The summed E-state index contributed by atoms with van der Waals surface area (Å²) in [6.07, 6.45) is 0.963. The molecule has 1 aromatic carbocycles. The van der Waals surface area contributed by atoms with Crippen LogP contribution in [0.1, 0.15) is 25.8 Å². The molecule has 0 unspecified atom stereocenters. The van der Waals surface area contributed by atoms with Crippen molar-refractivity contribution < 1.29 is 4.74 Å². The van der Waals surface area contributed by atoms with Gasteiger partial charge in [0.05, 0.1) is 0 Å². The summed E-state index contributed by atoms with van der Waals surface area (Å²) in [5.41, 5.74) is 1.29. The number of ether oxygens (including phenoxy) is 1. The van der Waals surface area contributed by atoms with Crippen LogP contribution in [0.15, 0.2) is 33.7 Å². The van der Waals surface area contributed by atoms with Crippen LogP contribution in [-0.2, 0) is 10.2 Å². The van der Waals surface area contributed by atoms with Gasteiger partial charge in [-0.05, 0) is 18.1 Å². The molecule has 0 aliphatic rings. The third kappa shape index (κ3) is 6.06. The lowest BCUT2D eigenvalue weighted by Crippen LogP contribution is -2.43. The summed E-state index contributed by atoms with van der Waals surface area (Å²) < 4.78 is 6.18. The smallest absolute Gasteiger partial charge is 0.191 e. The van der Waals surface area contributed by atoms with Crippen molar-refractivity contribution in [2.24, 2.45) is 4.99 Å². The quantitative estimate of drug-likeness (QED) is 0.449. The van der Waals surface area contributed by atoms with Crippen molar-refractivity contribution in [1.29, 1.82) is 0 Å². The number of hydrogen-bond donors (Lipinski definition) is 2. The van der Waals surface area contributed by atoms with Gasteiger partial charge >= 0.3 is 0 Å². The maximum atomic E-state index is 5.04. The molecular formula is C16H26BrN3O. The van der Waals surface area contributed by atoms with Crippen LogP contribution in [0.5, 0.6) is 0 Å². The minimum absolute atomic E-state index is 0.00421. The van der Waals surface area contributed by atoms with Crippen LogP contribution in [0.2, 0.25) is 0 Å². The molecule has 0 saturated heterocycles. The predicted octanol–water partition coefficient (Wildman–Crippen LogP) is 2.93. The Kier molecular flexibility index (Phi) is 7.75. The van der Waals surface area contributed by atoms with E-state index in [4.69, 9.17) is 4.74 Å². The van der Waals surface area contributed by atoms with Gasteiger partial charge in [-0.25, -0.2) is 0 Å². The second kappa shape index (κ2) is 9.05. The summed E-state index contributed by atoms with van der Waals surface area (Å²) in [5, 5.41) is 6.68. The molecule has 0 bridgehead atoms. The van der Waals surface area contributed by atoms with E-state index in [9.17, 15) is 0 Å². The normalized spacial score (nSPS) is 12.3. The Balaban J connectivity index is 2.53. The van der Waals surface area contributed by atoms with Gasteiger partial charge in [0.15, 0.2) is 5.96 Å². The number of hydrogen-bond acceptors (Lipinski definition) is 2. The van der Waals surface area contributed by atoms with Gasteiger partial charge in [0.25, 0.3) is 0 Å². The molecule has 0 aromatic heterocycles. The lowest BCUT2D eigenvalue weighted by atomic mass is 9.84. The van der Waals surface area contributed by atoms with Gasteiger partial charge in [0.2, 0.25) is 0 Å². The zero-order chi connectivity index (χ0) is 15.7. The van der Waals surface area contributed by atoms with E-state index in [0.29, 0.717) is 0 Å². The Morgan fingerprint density at radius 2 is 2.00 bits per heavy atom. The van der Waals surface area contributed by atoms with Gasteiger partial charge in [-0.2, -0.15) is 0 Å². The molecule has 0 radical (unpaired) electrons. The first kappa shape index (κ1) is 18.0. The summed E-state index contributed by atoms with van der Waals surface area (Å²) in [5.74, 6) is 0.825. The van der Waals surface area contributed by atoms with E-state index in [-0.39, 0.29) is 5.41 Å². The number of benzene rings is 1. The molecule has 0 amide bonds. The van der Waals surface area contributed by atoms with E-state index in [0.717, 1.165) is 36.5 Å². The van der Waals surface area contributed by atoms with E-state index in [2.05, 4.69) is 63.6 Å². The summed E-state index contributed by atoms with van der Waals surface area (Å²) in [6.45, 7) is 6.85. The van der Waals surface area contributed by atoms with Gasteiger partial charge in [0.1, 0.15) is 0 Å². The molecule has 0 saturated carbocycles. The topological polar surface area (TPSA) is 45.7 Å². The highest BCUT2D eigenvalue weighted by atomic mass is 79.9. The van der Waals surface area contributed by atoms with Crippen molar-refractivity contribution in [3.8, 4) is 0 Å². The zero-order valence-corrected chi connectivity index (χ0v) is 15.0. The van der Waals surface area contributed by atoms with Crippen LogP contribution in [0.25, 0.3) is 0 Å². The molecule has 4 nitrogen and oxygen atoms in total. The fourth-order valence-electron chi connectivity index (χ4n) is 2.05. The average Bonchev–Trinajstić information content (AvgIpc) is 2.47. The molecule has 21 heavy (non-hydrogen) atoms. The first-order valence-electron chi connectivity index (χ1n) is 7.19. The highest BCUT2D eigenvalue weighted by molar-refractivity contribution is 9.10. The van der Waals surface area contributed by atoms with Crippen LogP contribution in [-0.4, -0.2) is 39.8 Å². The zero-order valence-electron chi connectivity index (χ0n) is 13.4. The van der Waals surface area contributed by atoms with Gasteiger partial charge in [-0.1, -0.05) is 48.0 Å². The van der Waals surface area contributed by atoms with Crippen LogP contribution in [0.3, 0.4) is 0 Å². The number of guanidine groups is 1. The minimum Gasteiger partial charge on any atom is -0.385 e. The second-order valence-corrected chi connectivity index (χ2v) is 6.42. The molecule has 1 rings (SSSR count). The van der Waals surface area contributed by atoms with Gasteiger partial charge < -0.3 is 15.4 Å². The molecule has 5 heteroatoms. The standard InChI is InChI=1S/C16H26BrN3O/c1-16(2,13-8-5-6-9-14(13)17)12-20-15(18-3)19-10-7-11-21-4/h5-6,8-9H,7,10-12H2,1-4H3,(H2,18,19,20). The Bertz CT molecular complexity index is 461. The van der Waals surface area contributed by atoms with E-state index in [1.54, 1.807) is 14.2 Å². The Labute approximate surface area is 136 Å². The van der Waals surface area contributed by atoms with E-state index in [1.807, 2.05) is 6.07 Å². The minimum atomic E-state index is 0.00421. The Morgan fingerprint density at radius 1 is 1.29 bits per heavy atom. The molecule has 0 aliphatic heterocycles. The van der Waals surface area contributed by atoms with Crippen LogP contribution >= 0.6 is 15.9 Å². The maximum absolute atomic E-state index is 5.04. The first-order valence-corrected chi connectivity index (χ1v) is 7.99. The molecule has 2 N–H and O–H groups in total. The second-order valence-electron chi connectivity index (χ2n) is 5.56. The molecule has 118 valence electrons. The number of aliphatic imine (C=N–C) groups is 1. The summed E-state index contributed by atoms with van der Waals surface area (Å²) in [4.78, 5) is 4.25. The van der Waals surface area contributed by atoms with E-state index >= 15 is 0 Å². The van der Waals surface area contributed by atoms with Gasteiger partial charge in [0, 0.05) is 43.7 Å². The lowest BCUT2D eigenvalue weighted by molar-refractivity contribution is 0.195. The highest BCUT2D eigenvalue weighted by Crippen LogP contribution is 2.29. The van der Waals surface area contributed by atoms with Crippen molar-refractivity contribution >= 4 is 21.9 Å². The monoisotopic (exact) mass is 355 g/mol. The van der Waals surface area contributed by atoms with Crippen molar-refractivity contribution in [2.75, 3.05) is 33.9 Å². The van der Waals surface area contributed by atoms with Gasteiger partial charge in [-0.15, -0.1) is 0 Å². The summed E-state index contributed by atoms with van der Waals surface area (Å²) in [7, 11) is 3.50. The average molecular weight is 356 g/mol. The number of nitrogens with zero attached hydrogens (tertiary/aromatic N) is 1. The molecule has 0 fully saturated rings. The van der Waals surface area contributed by atoms with Crippen molar-refractivity contribution in [3.05, 3.63) is 34.3 Å². The number of rotatable bonds is 7. The molecule has 0 heterocycles.